The van der Waals surface area contributed by atoms with Crippen LogP contribution in [0.1, 0.15) is 29.3 Å². The van der Waals surface area contributed by atoms with Crippen LogP contribution in [-0.4, -0.2) is 28.2 Å². The molecule has 1 N–H and O–H groups in total. The molecule has 1 atom stereocenters. The molecule has 7 nitrogen and oxygen atoms in total. The van der Waals surface area contributed by atoms with E-state index in [4.69, 9.17) is 20.9 Å². The van der Waals surface area contributed by atoms with Crippen molar-refractivity contribution in [1.82, 2.24) is 20.4 Å². The van der Waals surface area contributed by atoms with Gasteiger partial charge in [0.1, 0.15) is 5.75 Å². The van der Waals surface area contributed by atoms with Gasteiger partial charge < -0.3 is 14.6 Å². The number of ether oxygens (including phenoxy) is 1. The van der Waals surface area contributed by atoms with Crippen LogP contribution in [0.15, 0.2) is 76.3 Å². The Labute approximate surface area is 205 Å². The Morgan fingerprint density at radius 1 is 1.18 bits per heavy atom. The van der Waals surface area contributed by atoms with Crippen LogP contribution in [0, 0.1) is 0 Å². The van der Waals surface area contributed by atoms with Crippen LogP contribution in [0.2, 0.25) is 5.02 Å². The van der Waals surface area contributed by atoms with Gasteiger partial charge in [-0.05, 0) is 48.2 Å². The SMILES string of the molecule is COc1ccc(C2NC(=O)N(Cc3cccs3)C(C)=C2c2nc(-c3cccc(Cl)c3)no2)cc1. The van der Waals surface area contributed by atoms with E-state index >= 15 is 0 Å². The smallest absolute Gasteiger partial charge is 0.322 e. The molecule has 2 aromatic heterocycles. The van der Waals surface area contributed by atoms with Gasteiger partial charge in [-0.15, -0.1) is 11.3 Å². The summed E-state index contributed by atoms with van der Waals surface area (Å²) in [6, 6.07) is 18.1. The standard InChI is InChI=1S/C25H21ClN4O3S/c1-15-21(24-28-23(29-33-24)17-5-3-6-18(26)13-17)22(16-8-10-19(32-2)11-9-16)27-25(31)30(15)14-20-7-4-12-34-20/h3-13,22H,14H2,1-2H3,(H,27,31). The first-order chi connectivity index (χ1) is 16.5. The number of urea groups is 1. The highest BCUT2D eigenvalue weighted by atomic mass is 35.5. The molecule has 0 saturated heterocycles. The average molecular weight is 493 g/mol. The quantitative estimate of drug-likeness (QED) is 0.348. The number of nitrogens with one attached hydrogen (secondary N) is 1. The number of amides is 2. The second kappa shape index (κ2) is 9.32. The molecular formula is C25H21ClN4O3S. The molecule has 0 radical (unpaired) electrons. The van der Waals surface area contributed by atoms with Crippen LogP contribution < -0.4 is 10.1 Å². The Bertz CT molecular complexity index is 1350. The van der Waals surface area contributed by atoms with Crippen molar-refractivity contribution < 1.29 is 14.1 Å². The summed E-state index contributed by atoms with van der Waals surface area (Å²) in [7, 11) is 1.62. The highest BCUT2D eigenvalue weighted by molar-refractivity contribution is 7.09. The fourth-order valence-corrected chi connectivity index (χ4v) is 4.81. The zero-order valence-electron chi connectivity index (χ0n) is 18.5. The lowest BCUT2D eigenvalue weighted by atomic mass is 9.94. The van der Waals surface area contributed by atoms with E-state index in [0.29, 0.717) is 23.3 Å². The van der Waals surface area contributed by atoms with Crippen LogP contribution in [0.3, 0.4) is 0 Å². The maximum absolute atomic E-state index is 13.2. The van der Waals surface area contributed by atoms with E-state index < -0.39 is 6.04 Å². The molecule has 4 aromatic rings. The van der Waals surface area contributed by atoms with Crippen molar-refractivity contribution in [2.45, 2.75) is 19.5 Å². The number of hydrogen-bond acceptors (Lipinski definition) is 6. The summed E-state index contributed by atoms with van der Waals surface area (Å²) in [5.74, 6) is 1.49. The van der Waals surface area contributed by atoms with E-state index in [1.807, 2.05) is 60.8 Å². The van der Waals surface area contributed by atoms with Crippen LogP contribution >= 0.6 is 22.9 Å². The lowest BCUT2D eigenvalue weighted by molar-refractivity contribution is 0.203. The number of carbonyl (C=O) groups excluding carboxylic acids is 1. The van der Waals surface area contributed by atoms with Gasteiger partial charge in [0.05, 0.1) is 25.3 Å². The third-order valence-electron chi connectivity index (χ3n) is 5.68. The zero-order chi connectivity index (χ0) is 23.7. The summed E-state index contributed by atoms with van der Waals surface area (Å²) in [5.41, 5.74) is 3.11. The number of aromatic nitrogens is 2. The van der Waals surface area contributed by atoms with Gasteiger partial charge in [-0.2, -0.15) is 4.98 Å². The van der Waals surface area contributed by atoms with E-state index in [1.165, 1.54) is 0 Å². The Kier molecular flexibility index (Phi) is 6.08. The molecule has 2 aromatic carbocycles. The Morgan fingerprint density at radius 3 is 2.71 bits per heavy atom. The average Bonchev–Trinajstić information content (AvgIpc) is 3.54. The molecule has 0 spiro atoms. The van der Waals surface area contributed by atoms with Crippen molar-refractivity contribution >= 4 is 34.5 Å². The maximum atomic E-state index is 13.2. The van der Waals surface area contributed by atoms with Crippen LogP contribution in [-0.2, 0) is 6.54 Å². The summed E-state index contributed by atoms with van der Waals surface area (Å²) >= 11 is 7.74. The number of hydrogen-bond donors (Lipinski definition) is 1. The van der Waals surface area contributed by atoms with Crippen molar-refractivity contribution in [1.29, 1.82) is 0 Å². The minimum absolute atomic E-state index is 0.190. The molecular weight excluding hydrogens is 472 g/mol. The molecule has 5 rings (SSSR count). The second-order valence-corrected chi connectivity index (χ2v) is 9.22. The maximum Gasteiger partial charge on any atom is 0.322 e. The third-order valence-corrected chi connectivity index (χ3v) is 6.77. The van der Waals surface area contributed by atoms with Gasteiger partial charge >= 0.3 is 6.03 Å². The molecule has 1 aliphatic rings. The molecule has 1 aliphatic heterocycles. The Hall–Kier alpha value is -3.62. The topological polar surface area (TPSA) is 80.5 Å². The lowest BCUT2D eigenvalue weighted by Gasteiger charge is -2.35. The van der Waals surface area contributed by atoms with Gasteiger partial charge in [-0.1, -0.05) is 47.1 Å². The summed E-state index contributed by atoms with van der Waals surface area (Å²) in [6.07, 6.45) is 0. The lowest BCUT2D eigenvalue weighted by Crippen LogP contribution is -2.45. The van der Waals surface area contributed by atoms with E-state index in [0.717, 1.165) is 33.0 Å². The third kappa shape index (κ3) is 4.30. The molecule has 0 saturated carbocycles. The highest BCUT2D eigenvalue weighted by Crippen LogP contribution is 2.38. The normalized spacial score (nSPS) is 16.0. The minimum Gasteiger partial charge on any atom is -0.497 e. The number of halogens is 1. The molecule has 2 amide bonds. The molecule has 0 bridgehead atoms. The number of rotatable bonds is 6. The summed E-state index contributed by atoms with van der Waals surface area (Å²) in [6.45, 7) is 2.35. The number of carbonyl (C=O) groups is 1. The monoisotopic (exact) mass is 492 g/mol. The molecule has 0 fully saturated rings. The van der Waals surface area contributed by atoms with E-state index in [1.54, 1.807) is 35.5 Å². The largest absolute Gasteiger partial charge is 0.497 e. The van der Waals surface area contributed by atoms with Gasteiger partial charge in [0.15, 0.2) is 0 Å². The molecule has 1 unspecified atom stereocenters. The van der Waals surface area contributed by atoms with Gasteiger partial charge in [0, 0.05) is 21.2 Å². The van der Waals surface area contributed by atoms with Crippen LogP contribution in [0.25, 0.3) is 17.0 Å². The highest BCUT2D eigenvalue weighted by Gasteiger charge is 2.36. The molecule has 3 heterocycles. The van der Waals surface area contributed by atoms with Crippen molar-refractivity contribution in [2.24, 2.45) is 0 Å². The van der Waals surface area contributed by atoms with E-state index in [9.17, 15) is 4.79 Å². The van der Waals surface area contributed by atoms with Gasteiger partial charge in [-0.3, -0.25) is 4.90 Å². The predicted octanol–water partition coefficient (Wildman–Crippen LogP) is 6.16. The van der Waals surface area contributed by atoms with Crippen molar-refractivity contribution in [3.63, 3.8) is 0 Å². The molecule has 172 valence electrons. The van der Waals surface area contributed by atoms with Crippen molar-refractivity contribution in [3.05, 3.63) is 93.1 Å². The van der Waals surface area contributed by atoms with Crippen LogP contribution in [0.4, 0.5) is 4.79 Å². The van der Waals surface area contributed by atoms with Crippen LogP contribution in [0.5, 0.6) is 5.75 Å². The van der Waals surface area contributed by atoms with Crippen molar-refractivity contribution in [2.75, 3.05) is 7.11 Å². The Morgan fingerprint density at radius 2 is 2.00 bits per heavy atom. The number of allylic oxidation sites excluding steroid dienone is 1. The number of methoxy groups -OCH3 is 1. The fraction of sp³-hybridized carbons (Fsp3) is 0.160. The van der Waals surface area contributed by atoms with E-state index in [2.05, 4.69) is 15.5 Å². The summed E-state index contributed by atoms with van der Waals surface area (Å²) < 4.78 is 11.0. The van der Waals surface area contributed by atoms with Gasteiger partial charge in [0.25, 0.3) is 5.89 Å². The fourth-order valence-electron chi connectivity index (χ4n) is 3.93. The number of thiophene rings is 1. The number of benzene rings is 2. The molecule has 34 heavy (non-hydrogen) atoms. The summed E-state index contributed by atoms with van der Waals surface area (Å²) in [4.78, 5) is 20.6. The predicted molar refractivity (Wildman–Crippen MR) is 131 cm³/mol. The Balaban J connectivity index is 1.59. The molecule has 0 aliphatic carbocycles. The first-order valence-corrected chi connectivity index (χ1v) is 11.8. The molecule has 9 heteroatoms. The first-order valence-electron chi connectivity index (χ1n) is 10.6. The van der Waals surface area contributed by atoms with Gasteiger partial charge in [-0.25, -0.2) is 4.79 Å². The number of nitrogens with zero attached hydrogens (tertiary/aromatic N) is 3. The van der Waals surface area contributed by atoms with Gasteiger partial charge in [0.2, 0.25) is 5.82 Å². The minimum atomic E-state index is -0.467. The summed E-state index contributed by atoms with van der Waals surface area (Å²) in [5, 5.41) is 9.88. The van der Waals surface area contributed by atoms with E-state index in [-0.39, 0.29) is 6.03 Å². The van der Waals surface area contributed by atoms with Crippen molar-refractivity contribution in [3.8, 4) is 17.1 Å². The second-order valence-electron chi connectivity index (χ2n) is 7.75. The zero-order valence-corrected chi connectivity index (χ0v) is 20.1. The first kappa shape index (κ1) is 22.2.